The number of hydrogen-bond acceptors (Lipinski definition) is 7. The summed E-state index contributed by atoms with van der Waals surface area (Å²) in [7, 11) is 3.37. The van der Waals surface area contributed by atoms with Crippen LogP contribution in [0.1, 0.15) is 41.3 Å². The van der Waals surface area contributed by atoms with Gasteiger partial charge in [0, 0.05) is 56.1 Å². The molecule has 1 atom stereocenters. The highest BCUT2D eigenvalue weighted by Crippen LogP contribution is 2.39. The number of carbonyl (C=O) groups excluding carboxylic acids is 1. The van der Waals surface area contributed by atoms with Crippen molar-refractivity contribution in [1.29, 1.82) is 5.26 Å². The Morgan fingerprint density at radius 1 is 1.21 bits per heavy atom. The van der Waals surface area contributed by atoms with Crippen LogP contribution in [0.15, 0.2) is 18.2 Å². The Morgan fingerprint density at radius 3 is 2.68 bits per heavy atom. The van der Waals surface area contributed by atoms with Gasteiger partial charge in [-0.3, -0.25) is 9.69 Å². The maximum Gasteiger partial charge on any atom is 0.226 e. The summed E-state index contributed by atoms with van der Waals surface area (Å²) in [6.07, 6.45) is 3.50. The Balaban J connectivity index is 1.25. The van der Waals surface area contributed by atoms with Crippen molar-refractivity contribution in [2.24, 2.45) is 5.92 Å². The van der Waals surface area contributed by atoms with E-state index >= 15 is 0 Å². The van der Waals surface area contributed by atoms with Crippen molar-refractivity contribution in [3.05, 3.63) is 39.8 Å². The van der Waals surface area contributed by atoms with E-state index in [9.17, 15) is 10.1 Å². The van der Waals surface area contributed by atoms with Crippen LogP contribution < -0.4 is 14.8 Å². The van der Waals surface area contributed by atoms with Crippen LogP contribution in [0.5, 0.6) is 11.5 Å². The highest BCUT2D eigenvalue weighted by atomic mass is 32.1. The number of amides is 1. The molecular formula is C26H34N4O3S. The monoisotopic (exact) mass is 482 g/mol. The fourth-order valence-corrected chi connectivity index (χ4v) is 6.20. The van der Waals surface area contributed by atoms with Gasteiger partial charge in [0.15, 0.2) is 0 Å². The Kier molecular flexibility index (Phi) is 8.09. The average Bonchev–Trinajstić information content (AvgIpc) is 3.19. The number of nitriles is 1. The first-order chi connectivity index (χ1) is 16.5. The molecule has 0 spiro atoms. The number of hydrogen-bond donors (Lipinski definition) is 1. The van der Waals surface area contributed by atoms with Crippen molar-refractivity contribution >= 4 is 22.2 Å². The van der Waals surface area contributed by atoms with E-state index < -0.39 is 0 Å². The van der Waals surface area contributed by atoms with Gasteiger partial charge in [-0.15, -0.1) is 11.3 Å². The number of fused-ring (bicyclic) bond motifs is 1. The minimum absolute atomic E-state index is 0.00769. The molecule has 2 heterocycles. The highest BCUT2D eigenvalue weighted by Gasteiger charge is 2.25. The second-order valence-electron chi connectivity index (χ2n) is 9.26. The third kappa shape index (κ3) is 5.72. The second kappa shape index (κ2) is 11.2. The van der Waals surface area contributed by atoms with Crippen molar-refractivity contribution in [2.75, 3.05) is 52.3 Å². The van der Waals surface area contributed by atoms with Gasteiger partial charge in [0.25, 0.3) is 0 Å². The quantitative estimate of drug-likeness (QED) is 0.615. The normalized spacial score (nSPS) is 18.7. The van der Waals surface area contributed by atoms with Crippen LogP contribution in [-0.2, 0) is 24.2 Å². The van der Waals surface area contributed by atoms with Crippen molar-refractivity contribution in [3.8, 4) is 17.6 Å². The van der Waals surface area contributed by atoms with Crippen LogP contribution >= 0.6 is 11.3 Å². The summed E-state index contributed by atoms with van der Waals surface area (Å²) in [5.74, 6) is 2.35. The number of anilines is 1. The Morgan fingerprint density at radius 2 is 1.97 bits per heavy atom. The van der Waals surface area contributed by atoms with E-state index in [0.29, 0.717) is 17.9 Å². The summed E-state index contributed by atoms with van der Waals surface area (Å²) in [6, 6.07) is 8.23. The molecule has 1 amide bonds. The molecule has 1 unspecified atom stereocenters. The first-order valence-corrected chi connectivity index (χ1v) is 12.8. The third-order valence-corrected chi connectivity index (χ3v) is 8.05. The fourth-order valence-electron chi connectivity index (χ4n) is 4.82. The number of nitrogens with zero attached hydrogens (tertiary/aromatic N) is 3. The molecule has 1 saturated heterocycles. The number of methoxy groups -OCH3 is 2. The molecule has 7 nitrogen and oxygen atoms in total. The van der Waals surface area contributed by atoms with E-state index in [-0.39, 0.29) is 5.91 Å². The lowest BCUT2D eigenvalue weighted by molar-refractivity contribution is -0.116. The molecule has 1 aromatic carbocycles. The fraction of sp³-hybridized carbons (Fsp3) is 0.538. The zero-order valence-corrected chi connectivity index (χ0v) is 21.2. The summed E-state index contributed by atoms with van der Waals surface area (Å²) in [6.45, 7) is 7.52. The number of rotatable bonds is 8. The highest BCUT2D eigenvalue weighted by molar-refractivity contribution is 7.16. The number of benzene rings is 1. The topological polar surface area (TPSA) is 77.8 Å². The predicted octanol–water partition coefficient (Wildman–Crippen LogP) is 3.91. The van der Waals surface area contributed by atoms with Gasteiger partial charge >= 0.3 is 0 Å². The Labute approximate surface area is 206 Å². The molecule has 1 N–H and O–H groups in total. The van der Waals surface area contributed by atoms with Crippen LogP contribution in [0.2, 0.25) is 0 Å². The van der Waals surface area contributed by atoms with Crippen molar-refractivity contribution < 1.29 is 14.3 Å². The number of piperazine rings is 1. The number of nitrogens with one attached hydrogen (secondary N) is 1. The molecule has 1 aliphatic heterocycles. The summed E-state index contributed by atoms with van der Waals surface area (Å²) in [5.41, 5.74) is 2.96. The standard InChI is InChI=1S/C26H34N4O3S/c1-18-4-6-21-22(16-27)26(34-24(21)14-18)28-25(31)8-9-29-10-12-30(13-11-29)17-19-15-20(32-2)5-7-23(19)33-3/h5,7,15,18H,4,6,8-14,17H2,1-3H3,(H,28,31). The van der Waals surface area contributed by atoms with Crippen molar-refractivity contribution in [1.82, 2.24) is 9.80 Å². The lowest BCUT2D eigenvalue weighted by Gasteiger charge is -2.34. The lowest BCUT2D eigenvalue weighted by atomic mass is 9.89. The minimum atomic E-state index is -0.00769. The number of carbonyl (C=O) groups is 1. The molecule has 34 heavy (non-hydrogen) atoms. The molecule has 182 valence electrons. The molecule has 0 saturated carbocycles. The zero-order valence-electron chi connectivity index (χ0n) is 20.4. The van der Waals surface area contributed by atoms with E-state index in [1.165, 1.54) is 4.88 Å². The first kappa shape index (κ1) is 24.5. The van der Waals surface area contributed by atoms with E-state index in [2.05, 4.69) is 28.1 Å². The van der Waals surface area contributed by atoms with Gasteiger partial charge < -0.3 is 19.7 Å². The van der Waals surface area contributed by atoms with E-state index in [4.69, 9.17) is 9.47 Å². The van der Waals surface area contributed by atoms with Gasteiger partial charge in [0.05, 0.1) is 19.8 Å². The van der Waals surface area contributed by atoms with Gasteiger partial charge in [-0.25, -0.2) is 0 Å². The first-order valence-electron chi connectivity index (χ1n) is 12.0. The average molecular weight is 483 g/mol. The third-order valence-electron chi connectivity index (χ3n) is 6.88. The molecule has 1 aromatic heterocycles. The largest absolute Gasteiger partial charge is 0.497 e. The molecule has 2 aromatic rings. The van der Waals surface area contributed by atoms with Gasteiger partial charge in [-0.05, 0) is 48.9 Å². The van der Waals surface area contributed by atoms with Crippen LogP contribution in [0.3, 0.4) is 0 Å². The van der Waals surface area contributed by atoms with E-state index in [1.54, 1.807) is 25.6 Å². The van der Waals surface area contributed by atoms with Crippen LogP contribution in [0.25, 0.3) is 0 Å². The van der Waals surface area contributed by atoms with Crippen LogP contribution in [0, 0.1) is 17.2 Å². The SMILES string of the molecule is COc1ccc(OC)c(CN2CCN(CCC(=O)Nc3sc4c(c3C#N)CCC(C)C4)CC2)c1. The smallest absolute Gasteiger partial charge is 0.226 e. The molecule has 0 bridgehead atoms. The summed E-state index contributed by atoms with van der Waals surface area (Å²) in [5, 5.41) is 13.4. The van der Waals surface area contributed by atoms with Gasteiger partial charge in [-0.1, -0.05) is 6.92 Å². The molecule has 1 aliphatic carbocycles. The lowest BCUT2D eigenvalue weighted by Crippen LogP contribution is -2.46. The molecule has 4 rings (SSSR count). The molecule has 2 aliphatic rings. The molecule has 0 radical (unpaired) electrons. The molecule has 1 fully saturated rings. The maximum atomic E-state index is 12.7. The minimum Gasteiger partial charge on any atom is -0.497 e. The predicted molar refractivity (Wildman–Crippen MR) is 135 cm³/mol. The Hall–Kier alpha value is -2.60. The molecular weight excluding hydrogens is 448 g/mol. The number of ether oxygens (including phenoxy) is 2. The maximum absolute atomic E-state index is 12.7. The van der Waals surface area contributed by atoms with E-state index in [0.717, 1.165) is 86.2 Å². The molecule has 8 heteroatoms. The van der Waals surface area contributed by atoms with Gasteiger partial charge in [0.2, 0.25) is 5.91 Å². The Bertz CT molecular complexity index is 1050. The summed E-state index contributed by atoms with van der Waals surface area (Å²) in [4.78, 5) is 18.7. The van der Waals surface area contributed by atoms with E-state index in [1.807, 2.05) is 18.2 Å². The van der Waals surface area contributed by atoms with Gasteiger partial charge in [0.1, 0.15) is 22.6 Å². The van der Waals surface area contributed by atoms with Crippen LogP contribution in [0.4, 0.5) is 5.00 Å². The second-order valence-corrected chi connectivity index (χ2v) is 10.4. The summed E-state index contributed by atoms with van der Waals surface area (Å²) >= 11 is 1.59. The van der Waals surface area contributed by atoms with Gasteiger partial charge in [-0.2, -0.15) is 5.26 Å². The van der Waals surface area contributed by atoms with Crippen molar-refractivity contribution in [2.45, 2.75) is 39.2 Å². The van der Waals surface area contributed by atoms with Crippen LogP contribution in [-0.4, -0.2) is 62.7 Å². The number of thiophene rings is 1. The zero-order chi connectivity index (χ0) is 24.1. The van der Waals surface area contributed by atoms with Crippen molar-refractivity contribution in [3.63, 3.8) is 0 Å². The summed E-state index contributed by atoms with van der Waals surface area (Å²) < 4.78 is 10.9.